The summed E-state index contributed by atoms with van der Waals surface area (Å²) in [4.78, 5) is 15.2. The standard InChI is InChI=1S/C12H16N2OS/c1-8-4-7-16-12(8)11-9-2-3-10(15)14(9)6-5-13-11/h4,7,9,11,13H,2-3,5-6H2,1H3/t9-,11+/m0/s1. The summed E-state index contributed by atoms with van der Waals surface area (Å²) in [5.74, 6) is 0.339. The maximum absolute atomic E-state index is 11.7. The van der Waals surface area contributed by atoms with Crippen LogP contribution in [0, 0.1) is 6.92 Å². The van der Waals surface area contributed by atoms with Gasteiger partial charge in [-0.2, -0.15) is 0 Å². The summed E-state index contributed by atoms with van der Waals surface area (Å²) in [7, 11) is 0. The molecule has 3 heterocycles. The summed E-state index contributed by atoms with van der Waals surface area (Å²) in [6.45, 7) is 3.96. The van der Waals surface area contributed by atoms with Crippen LogP contribution >= 0.6 is 11.3 Å². The molecule has 1 amide bonds. The fraction of sp³-hybridized carbons (Fsp3) is 0.583. The molecular formula is C12H16N2OS. The van der Waals surface area contributed by atoms with E-state index in [0.717, 1.165) is 25.9 Å². The van der Waals surface area contributed by atoms with Crippen LogP contribution in [0.1, 0.15) is 29.3 Å². The van der Waals surface area contributed by atoms with Crippen molar-refractivity contribution in [2.24, 2.45) is 0 Å². The third kappa shape index (κ3) is 1.48. The van der Waals surface area contributed by atoms with Gasteiger partial charge >= 0.3 is 0 Å². The van der Waals surface area contributed by atoms with Crippen LogP contribution in [0.2, 0.25) is 0 Å². The van der Waals surface area contributed by atoms with E-state index < -0.39 is 0 Å². The highest BCUT2D eigenvalue weighted by atomic mass is 32.1. The third-order valence-corrected chi connectivity index (χ3v) is 4.76. The lowest BCUT2D eigenvalue weighted by Gasteiger charge is -2.37. The number of fused-ring (bicyclic) bond motifs is 1. The number of piperazine rings is 1. The molecule has 1 aromatic rings. The number of nitrogens with one attached hydrogen (secondary N) is 1. The SMILES string of the molecule is Cc1ccsc1[C@@H]1NCCN2C(=O)CC[C@@H]12. The molecule has 2 aliphatic rings. The van der Waals surface area contributed by atoms with Gasteiger partial charge in [-0.1, -0.05) is 0 Å². The van der Waals surface area contributed by atoms with Crippen LogP contribution in [0.5, 0.6) is 0 Å². The van der Waals surface area contributed by atoms with Crippen molar-refractivity contribution in [1.82, 2.24) is 10.2 Å². The Morgan fingerprint density at radius 1 is 1.56 bits per heavy atom. The number of rotatable bonds is 1. The zero-order chi connectivity index (χ0) is 11.1. The van der Waals surface area contributed by atoms with Gasteiger partial charge in [0.2, 0.25) is 5.91 Å². The molecule has 1 aromatic heterocycles. The third-order valence-electron chi connectivity index (χ3n) is 3.66. The maximum Gasteiger partial charge on any atom is 0.223 e. The number of hydrogen-bond acceptors (Lipinski definition) is 3. The van der Waals surface area contributed by atoms with Gasteiger partial charge in [0.25, 0.3) is 0 Å². The van der Waals surface area contributed by atoms with Gasteiger partial charge in [0, 0.05) is 24.4 Å². The lowest BCUT2D eigenvalue weighted by Crippen LogP contribution is -2.51. The predicted octanol–water partition coefficient (Wildman–Crippen LogP) is 1.69. The Morgan fingerprint density at radius 3 is 3.19 bits per heavy atom. The van der Waals surface area contributed by atoms with Gasteiger partial charge in [-0.25, -0.2) is 0 Å². The first kappa shape index (κ1) is 10.3. The quantitative estimate of drug-likeness (QED) is 0.805. The predicted molar refractivity (Wildman–Crippen MR) is 64.5 cm³/mol. The zero-order valence-electron chi connectivity index (χ0n) is 9.40. The van der Waals surface area contributed by atoms with Gasteiger partial charge in [-0.05, 0) is 30.4 Å². The monoisotopic (exact) mass is 236 g/mol. The van der Waals surface area contributed by atoms with E-state index in [-0.39, 0.29) is 0 Å². The Balaban J connectivity index is 1.91. The van der Waals surface area contributed by atoms with Gasteiger partial charge < -0.3 is 10.2 Å². The van der Waals surface area contributed by atoms with Crippen molar-refractivity contribution in [3.63, 3.8) is 0 Å². The van der Waals surface area contributed by atoms with E-state index in [4.69, 9.17) is 0 Å². The Morgan fingerprint density at radius 2 is 2.44 bits per heavy atom. The molecule has 2 aliphatic heterocycles. The van der Waals surface area contributed by atoms with Crippen molar-refractivity contribution >= 4 is 17.2 Å². The second-order valence-electron chi connectivity index (χ2n) is 4.59. The van der Waals surface area contributed by atoms with Gasteiger partial charge in [0.05, 0.1) is 12.1 Å². The van der Waals surface area contributed by atoms with Crippen molar-refractivity contribution < 1.29 is 4.79 Å². The molecule has 3 rings (SSSR count). The summed E-state index contributed by atoms with van der Waals surface area (Å²) in [6.07, 6.45) is 1.74. The molecule has 0 unspecified atom stereocenters. The summed E-state index contributed by atoms with van der Waals surface area (Å²) in [6, 6.07) is 2.91. The second-order valence-corrected chi connectivity index (χ2v) is 5.54. The zero-order valence-corrected chi connectivity index (χ0v) is 10.2. The number of amides is 1. The molecule has 3 nitrogen and oxygen atoms in total. The molecule has 0 saturated carbocycles. The molecule has 0 radical (unpaired) electrons. The molecule has 4 heteroatoms. The van der Waals surface area contributed by atoms with Crippen LogP contribution < -0.4 is 5.32 Å². The molecule has 2 fully saturated rings. The van der Waals surface area contributed by atoms with Crippen LogP contribution in [-0.2, 0) is 4.79 Å². The lowest BCUT2D eigenvalue weighted by molar-refractivity contribution is -0.130. The molecule has 2 atom stereocenters. The lowest BCUT2D eigenvalue weighted by atomic mass is 10.00. The summed E-state index contributed by atoms with van der Waals surface area (Å²) in [5.41, 5.74) is 1.35. The van der Waals surface area contributed by atoms with Crippen LogP contribution in [0.4, 0.5) is 0 Å². The molecule has 0 spiro atoms. The topological polar surface area (TPSA) is 32.3 Å². The van der Waals surface area contributed by atoms with Crippen molar-refractivity contribution in [2.45, 2.75) is 31.8 Å². The Labute approximate surface area is 99.5 Å². The fourth-order valence-corrected chi connectivity index (χ4v) is 3.90. The van der Waals surface area contributed by atoms with Crippen molar-refractivity contribution in [3.05, 3.63) is 21.9 Å². The molecule has 0 aliphatic carbocycles. The van der Waals surface area contributed by atoms with Crippen molar-refractivity contribution in [2.75, 3.05) is 13.1 Å². The summed E-state index contributed by atoms with van der Waals surface area (Å²) < 4.78 is 0. The normalized spacial score (nSPS) is 29.6. The molecule has 0 bridgehead atoms. The maximum atomic E-state index is 11.7. The number of carbonyl (C=O) groups is 1. The number of hydrogen-bond donors (Lipinski definition) is 1. The molecule has 0 aromatic carbocycles. The molecule has 16 heavy (non-hydrogen) atoms. The number of aryl methyl sites for hydroxylation is 1. The highest BCUT2D eigenvalue weighted by Gasteiger charge is 2.40. The molecule has 86 valence electrons. The van der Waals surface area contributed by atoms with Gasteiger partial charge in [0.1, 0.15) is 0 Å². The smallest absolute Gasteiger partial charge is 0.223 e. The molecule has 2 saturated heterocycles. The summed E-state index contributed by atoms with van der Waals surface area (Å²) >= 11 is 1.81. The van der Waals surface area contributed by atoms with Crippen molar-refractivity contribution in [3.8, 4) is 0 Å². The average Bonchev–Trinajstić information content (AvgIpc) is 2.86. The minimum atomic E-state index is 0.339. The van der Waals surface area contributed by atoms with Crippen molar-refractivity contribution in [1.29, 1.82) is 0 Å². The van der Waals surface area contributed by atoms with E-state index in [1.165, 1.54) is 10.4 Å². The average molecular weight is 236 g/mol. The van der Waals surface area contributed by atoms with E-state index in [0.29, 0.717) is 18.0 Å². The van der Waals surface area contributed by atoms with Crippen LogP contribution in [0.15, 0.2) is 11.4 Å². The second kappa shape index (κ2) is 3.86. The summed E-state index contributed by atoms with van der Waals surface area (Å²) in [5, 5.41) is 5.71. The fourth-order valence-electron chi connectivity index (χ4n) is 2.84. The number of nitrogens with zero attached hydrogens (tertiary/aromatic N) is 1. The van der Waals surface area contributed by atoms with Crippen LogP contribution in [-0.4, -0.2) is 29.9 Å². The van der Waals surface area contributed by atoms with E-state index in [1.54, 1.807) is 11.3 Å². The largest absolute Gasteiger partial charge is 0.336 e. The first-order valence-electron chi connectivity index (χ1n) is 5.84. The first-order valence-corrected chi connectivity index (χ1v) is 6.72. The molecular weight excluding hydrogens is 220 g/mol. The number of carbonyl (C=O) groups excluding carboxylic acids is 1. The number of thiophene rings is 1. The van der Waals surface area contributed by atoms with Crippen LogP contribution in [0.25, 0.3) is 0 Å². The Kier molecular flexibility index (Phi) is 2.48. The Hall–Kier alpha value is -0.870. The molecule has 1 N–H and O–H groups in total. The minimum Gasteiger partial charge on any atom is -0.336 e. The first-order chi connectivity index (χ1) is 7.77. The highest BCUT2D eigenvalue weighted by molar-refractivity contribution is 7.10. The van der Waals surface area contributed by atoms with E-state index in [1.807, 2.05) is 0 Å². The van der Waals surface area contributed by atoms with E-state index >= 15 is 0 Å². The van der Waals surface area contributed by atoms with Gasteiger partial charge in [-0.15, -0.1) is 11.3 Å². The van der Waals surface area contributed by atoms with Crippen LogP contribution in [0.3, 0.4) is 0 Å². The minimum absolute atomic E-state index is 0.339. The Bertz CT molecular complexity index is 415. The van der Waals surface area contributed by atoms with E-state index in [2.05, 4.69) is 28.6 Å². The van der Waals surface area contributed by atoms with Gasteiger partial charge in [-0.3, -0.25) is 4.79 Å². The highest BCUT2D eigenvalue weighted by Crippen LogP contribution is 2.35. The van der Waals surface area contributed by atoms with Gasteiger partial charge in [0.15, 0.2) is 0 Å². The van der Waals surface area contributed by atoms with E-state index in [9.17, 15) is 4.79 Å².